The Hall–Kier alpha value is -6.81. The van der Waals surface area contributed by atoms with Crippen LogP contribution in [0.4, 0.5) is 11.4 Å². The maximum atomic E-state index is 13.6. The summed E-state index contributed by atoms with van der Waals surface area (Å²) in [7, 11) is 0. The maximum absolute atomic E-state index is 13.6. The summed E-state index contributed by atoms with van der Waals surface area (Å²) in [5, 5.41) is 48.7. The lowest BCUT2D eigenvalue weighted by molar-refractivity contribution is -0.144. The molecule has 0 spiro atoms. The van der Waals surface area contributed by atoms with E-state index in [9.17, 15) is 63.0 Å². The van der Waals surface area contributed by atoms with Crippen LogP contribution in [0.3, 0.4) is 0 Å². The van der Waals surface area contributed by atoms with Gasteiger partial charge in [-0.05, 0) is 45.6 Å². The van der Waals surface area contributed by atoms with Crippen LogP contribution < -0.4 is 75.9 Å². The second-order valence-electron chi connectivity index (χ2n) is 13.8. The van der Waals surface area contributed by atoms with Crippen LogP contribution in [0.1, 0.15) is 45.4 Å². The number of aliphatic hydroxyl groups is 1. The van der Waals surface area contributed by atoms with Crippen molar-refractivity contribution in [1.29, 1.82) is 0 Å². The van der Waals surface area contributed by atoms with Gasteiger partial charge in [0.25, 0.3) is 10.9 Å². The van der Waals surface area contributed by atoms with Crippen molar-refractivity contribution < 1.29 is 58.5 Å². The molecule has 0 unspecified atom stereocenters. The number of unbranched alkanes of at least 4 members (excludes halogenated alkanes) is 1. The SMILES string of the molecule is C=CCNc1c(N[C@@H](CS)C(=O)N[C@@H](C)C(=O)NCC(=O)N[C@@H](CCCCN)C(=O)N[C@@H](CCCN=C(N)N)C(=O)NCC(=O)N[C@@H](CC(=O)O)C(=O)N[C@@H](CO)C(=O)O)c(=O)c1=O. The highest BCUT2D eigenvalue weighted by Gasteiger charge is 2.31. The molecule has 356 valence electrons. The first-order valence-electron chi connectivity index (χ1n) is 19.6. The molecule has 0 aliphatic carbocycles. The number of nitrogens with two attached hydrogens (primary N) is 3. The van der Waals surface area contributed by atoms with E-state index in [0.29, 0.717) is 12.8 Å². The van der Waals surface area contributed by atoms with Crippen LogP contribution in [-0.4, -0.2) is 156 Å². The number of hydrogen-bond donors (Lipinski definition) is 16. The van der Waals surface area contributed by atoms with Crippen molar-refractivity contribution in [2.75, 3.05) is 55.7 Å². The van der Waals surface area contributed by atoms with Gasteiger partial charge in [0, 0.05) is 18.8 Å². The van der Waals surface area contributed by atoms with Crippen LogP contribution in [0.15, 0.2) is 27.2 Å². The van der Waals surface area contributed by atoms with Gasteiger partial charge in [0.05, 0.1) is 26.1 Å². The molecule has 6 atom stereocenters. The minimum Gasteiger partial charge on any atom is -0.481 e. The van der Waals surface area contributed by atoms with E-state index in [0.717, 1.165) is 0 Å². The normalized spacial score (nSPS) is 13.5. The van der Waals surface area contributed by atoms with Crippen LogP contribution in [0, 0.1) is 0 Å². The number of guanidine groups is 1. The molecule has 7 amide bonds. The predicted molar refractivity (Wildman–Crippen MR) is 232 cm³/mol. The molecule has 1 aromatic rings. The smallest absolute Gasteiger partial charge is 0.328 e. The number of carbonyl (C=O) groups is 9. The number of amides is 7. The van der Waals surface area contributed by atoms with Gasteiger partial charge >= 0.3 is 11.9 Å². The minimum atomic E-state index is -1.82. The van der Waals surface area contributed by atoms with Crippen molar-refractivity contribution in [3.8, 4) is 0 Å². The van der Waals surface area contributed by atoms with Crippen molar-refractivity contribution in [2.45, 2.75) is 81.7 Å². The lowest BCUT2D eigenvalue weighted by Gasteiger charge is -2.24. The lowest BCUT2D eigenvalue weighted by Crippen LogP contribution is -2.57. The predicted octanol–water partition coefficient (Wildman–Crippen LogP) is -7.00. The fourth-order valence-electron chi connectivity index (χ4n) is 5.37. The first kappa shape index (κ1) is 55.2. The first-order valence-corrected chi connectivity index (χ1v) is 20.3. The summed E-state index contributed by atoms with van der Waals surface area (Å²) in [6, 6.07) is -8.70. The highest BCUT2D eigenvalue weighted by atomic mass is 32.1. The second-order valence-corrected chi connectivity index (χ2v) is 14.2. The number of aliphatic hydroxyl groups excluding tert-OH is 1. The molecule has 27 nitrogen and oxygen atoms in total. The lowest BCUT2D eigenvalue weighted by atomic mass is 10.1. The fraction of sp³-hybridized carbons (Fsp3) is 0.556. The van der Waals surface area contributed by atoms with E-state index in [-0.39, 0.29) is 62.0 Å². The molecule has 0 aromatic heterocycles. The van der Waals surface area contributed by atoms with Gasteiger partial charge in [-0.2, -0.15) is 12.6 Å². The van der Waals surface area contributed by atoms with Crippen LogP contribution in [0.5, 0.6) is 0 Å². The third-order valence-corrected chi connectivity index (χ3v) is 9.12. The number of hydrogen-bond acceptors (Lipinski definition) is 17. The van der Waals surface area contributed by atoms with Crippen LogP contribution in [0.2, 0.25) is 0 Å². The quantitative estimate of drug-likeness (QED) is 0.00797. The molecule has 18 N–H and O–H groups in total. The number of carboxylic acid groups (broad SMARTS) is 2. The zero-order valence-corrected chi connectivity index (χ0v) is 35.8. The van der Waals surface area contributed by atoms with Crippen LogP contribution in [-0.2, 0) is 43.2 Å². The highest BCUT2D eigenvalue weighted by Crippen LogP contribution is 2.16. The number of aliphatic imine (C=N–C) groups is 1. The zero-order chi connectivity index (χ0) is 48.5. The van der Waals surface area contributed by atoms with Gasteiger partial charge in [-0.3, -0.25) is 52.9 Å². The monoisotopic (exact) mass is 927 g/mol. The Balaban J connectivity index is 3.02. The second kappa shape index (κ2) is 28.7. The molecule has 0 fully saturated rings. The van der Waals surface area contributed by atoms with Gasteiger partial charge in [-0.15, -0.1) is 6.58 Å². The van der Waals surface area contributed by atoms with E-state index in [4.69, 9.17) is 22.3 Å². The van der Waals surface area contributed by atoms with Crippen molar-refractivity contribution in [1.82, 2.24) is 37.2 Å². The Morgan fingerprint density at radius 2 is 1.25 bits per heavy atom. The number of nitrogens with one attached hydrogen (secondary N) is 9. The highest BCUT2D eigenvalue weighted by molar-refractivity contribution is 7.80. The van der Waals surface area contributed by atoms with E-state index < -0.39 is 127 Å². The Labute approximate surface area is 371 Å². The number of carbonyl (C=O) groups excluding carboxylic acids is 7. The van der Waals surface area contributed by atoms with Gasteiger partial charge in [0.2, 0.25) is 41.4 Å². The van der Waals surface area contributed by atoms with Gasteiger partial charge < -0.3 is 80.4 Å². The fourth-order valence-corrected chi connectivity index (χ4v) is 5.63. The summed E-state index contributed by atoms with van der Waals surface area (Å²) >= 11 is 4.11. The molecule has 1 rings (SSSR count). The van der Waals surface area contributed by atoms with E-state index in [1.807, 2.05) is 5.32 Å². The molecule has 64 heavy (non-hydrogen) atoms. The maximum Gasteiger partial charge on any atom is 0.328 e. The molecular formula is C36H57N13O14S. The van der Waals surface area contributed by atoms with E-state index in [1.165, 1.54) is 13.0 Å². The number of rotatable bonds is 32. The number of thiol groups is 1. The van der Waals surface area contributed by atoms with E-state index in [2.05, 4.69) is 66.7 Å². The van der Waals surface area contributed by atoms with E-state index >= 15 is 0 Å². The van der Waals surface area contributed by atoms with Crippen molar-refractivity contribution in [3.05, 3.63) is 33.1 Å². The standard InChI is InChI=1S/C36H57N13O14S/c1-3-10-40-26-27(29(56)28(26)55)47-22(16-64)34(61)44-17(2)30(57)42-13-23(51)45-19(7-4-5-9-37)32(59)48-18(8-6-11-41-36(38)39)31(58)43-14-24(52)46-20(12-25(53)54)33(60)49-21(15-50)35(62)63/h3,17-22,40,47,50,64H,1,4-16,37H2,2H3,(H,42,57)(H,43,58)(H,44,61)(H,45,51)(H,46,52)(H,48,59)(H,49,60)(H,53,54)(H,62,63)(H4,38,39,41)/t17-,18-,19-,20-,21-,22-/m0/s1. The molecule has 0 saturated heterocycles. The van der Waals surface area contributed by atoms with E-state index in [1.54, 1.807) is 0 Å². The summed E-state index contributed by atoms with van der Waals surface area (Å²) in [4.78, 5) is 141. The number of aliphatic carboxylic acids is 2. The third-order valence-electron chi connectivity index (χ3n) is 8.75. The summed E-state index contributed by atoms with van der Waals surface area (Å²) < 4.78 is 0. The van der Waals surface area contributed by atoms with Crippen LogP contribution in [0.25, 0.3) is 0 Å². The largest absolute Gasteiger partial charge is 0.481 e. The zero-order valence-electron chi connectivity index (χ0n) is 34.9. The summed E-state index contributed by atoms with van der Waals surface area (Å²) in [5.41, 5.74) is 14.5. The molecule has 1 aromatic carbocycles. The van der Waals surface area contributed by atoms with Gasteiger partial charge in [-0.1, -0.05) is 6.08 Å². The van der Waals surface area contributed by atoms with Gasteiger partial charge in [0.15, 0.2) is 5.96 Å². The average molecular weight is 928 g/mol. The van der Waals surface area contributed by atoms with Gasteiger partial charge in [0.1, 0.15) is 47.6 Å². The molecule has 28 heteroatoms. The number of carboxylic acids is 2. The average Bonchev–Trinajstić information content (AvgIpc) is 3.24. The number of anilines is 2. The molecule has 0 bridgehead atoms. The van der Waals surface area contributed by atoms with Crippen molar-refractivity contribution in [2.24, 2.45) is 22.2 Å². The van der Waals surface area contributed by atoms with Crippen molar-refractivity contribution >= 4 is 83.3 Å². The Morgan fingerprint density at radius 1 is 0.719 bits per heavy atom. The Bertz CT molecular complexity index is 1940. The summed E-state index contributed by atoms with van der Waals surface area (Å²) in [6.07, 6.45) is 1.21. The molecule has 0 saturated carbocycles. The van der Waals surface area contributed by atoms with Crippen LogP contribution >= 0.6 is 12.6 Å². The molecule has 0 aliphatic heterocycles. The third kappa shape index (κ3) is 19.5. The first-order chi connectivity index (χ1) is 30.2. The molecule has 0 heterocycles. The molecule has 0 aliphatic rings. The molecular weight excluding hydrogens is 871 g/mol. The minimum absolute atomic E-state index is 0.00789. The Kier molecular flexibility index (Phi) is 24.8. The molecule has 0 radical (unpaired) electrons. The Morgan fingerprint density at radius 3 is 1.80 bits per heavy atom. The van der Waals surface area contributed by atoms with Gasteiger partial charge in [-0.25, -0.2) is 4.79 Å². The summed E-state index contributed by atoms with van der Waals surface area (Å²) in [5.74, 6) is -10.2. The van der Waals surface area contributed by atoms with Crippen molar-refractivity contribution in [3.63, 3.8) is 0 Å². The summed E-state index contributed by atoms with van der Waals surface area (Å²) in [6.45, 7) is 2.65. The topological polar surface area (TPSA) is 447 Å². The number of nitrogens with zero attached hydrogens (tertiary/aromatic N) is 1.